The van der Waals surface area contributed by atoms with Crippen LogP contribution in [0.1, 0.15) is 35.6 Å². The summed E-state index contributed by atoms with van der Waals surface area (Å²) in [6.45, 7) is 3.92. The number of aliphatic hydroxyl groups excluding tert-OH is 2. The van der Waals surface area contributed by atoms with Gasteiger partial charge in [0, 0.05) is 36.8 Å². The van der Waals surface area contributed by atoms with E-state index >= 15 is 0 Å². The molecule has 1 amide bonds. The second kappa shape index (κ2) is 8.20. The summed E-state index contributed by atoms with van der Waals surface area (Å²) in [6.07, 6.45) is 1.20. The van der Waals surface area contributed by atoms with Crippen LogP contribution in [0.4, 0.5) is 5.69 Å². The maximum absolute atomic E-state index is 13.9. The molecule has 0 aromatic heterocycles. The molecule has 9 heteroatoms. The Balaban J connectivity index is 2.02. The van der Waals surface area contributed by atoms with Gasteiger partial charge >= 0.3 is 0 Å². The summed E-state index contributed by atoms with van der Waals surface area (Å²) < 4.78 is 0. The van der Waals surface area contributed by atoms with Gasteiger partial charge in [-0.2, -0.15) is 0 Å². The minimum absolute atomic E-state index is 0.0171. The van der Waals surface area contributed by atoms with E-state index in [4.69, 9.17) is 5.73 Å². The number of aryl methyl sites for hydroxylation is 1. The third-order valence-corrected chi connectivity index (χ3v) is 7.89. The van der Waals surface area contributed by atoms with Gasteiger partial charge < -0.3 is 26.0 Å². The van der Waals surface area contributed by atoms with E-state index in [1.54, 1.807) is 14.1 Å². The zero-order valence-electron chi connectivity index (χ0n) is 21.0. The van der Waals surface area contributed by atoms with Crippen LogP contribution in [0.25, 0.3) is 5.76 Å². The molecule has 1 aromatic carbocycles. The molecule has 0 radical (unpaired) electrons. The van der Waals surface area contributed by atoms with Crippen LogP contribution >= 0.6 is 0 Å². The number of rotatable bonds is 4. The molecule has 35 heavy (non-hydrogen) atoms. The first kappa shape index (κ1) is 24.9. The zero-order valence-corrected chi connectivity index (χ0v) is 21.0. The summed E-state index contributed by atoms with van der Waals surface area (Å²) in [5.41, 5.74) is 6.35. The summed E-state index contributed by atoms with van der Waals surface area (Å²) in [4.78, 5) is 42.7. The van der Waals surface area contributed by atoms with Crippen molar-refractivity contribution in [2.24, 2.45) is 17.6 Å². The van der Waals surface area contributed by atoms with Gasteiger partial charge in [0.1, 0.15) is 17.1 Å². The Labute approximate surface area is 204 Å². The Bertz CT molecular complexity index is 1230. The third-order valence-electron chi connectivity index (χ3n) is 7.89. The number of Topliss-reactive ketones (excluding diaryl/α,β-unsaturated/α-hetero) is 2. The Hall–Kier alpha value is -3.17. The van der Waals surface area contributed by atoms with E-state index in [1.165, 1.54) is 4.90 Å². The number of hydrogen-bond acceptors (Lipinski definition) is 8. The van der Waals surface area contributed by atoms with Crippen molar-refractivity contribution in [1.29, 1.82) is 0 Å². The van der Waals surface area contributed by atoms with Crippen LogP contribution in [0, 0.1) is 18.8 Å². The van der Waals surface area contributed by atoms with Gasteiger partial charge in [-0.15, -0.1) is 0 Å². The number of nitrogens with two attached hydrogens (primary N) is 1. The quantitative estimate of drug-likeness (QED) is 0.468. The fourth-order valence-electron chi connectivity index (χ4n) is 6.37. The van der Waals surface area contributed by atoms with Gasteiger partial charge in [0.15, 0.2) is 11.4 Å². The lowest BCUT2D eigenvalue weighted by Gasteiger charge is -2.50. The van der Waals surface area contributed by atoms with Crippen LogP contribution in [0.15, 0.2) is 23.0 Å². The van der Waals surface area contributed by atoms with Crippen molar-refractivity contribution in [3.8, 4) is 0 Å². The standard InChI is InChI=1S/C26H33N3O6/c1-7-13-11(2)8-16(28(3)4)14-9-12-10-15-20(29(5)6)22(31)19(25(27)34)24(33)26(15,35)23(32)17(12)21(30)18(13)14/h8,12,15,20,30,33,35H,7,9-10H2,1-6H3,(H2,27,34)/t12?,15-,20?,26-/m0/s1. The minimum atomic E-state index is -2.55. The Morgan fingerprint density at radius 2 is 1.83 bits per heavy atom. The van der Waals surface area contributed by atoms with Crippen molar-refractivity contribution in [2.45, 2.75) is 44.8 Å². The van der Waals surface area contributed by atoms with Gasteiger partial charge in [-0.25, -0.2) is 0 Å². The van der Waals surface area contributed by atoms with E-state index in [2.05, 4.69) is 6.07 Å². The van der Waals surface area contributed by atoms with Gasteiger partial charge in [0.05, 0.1) is 6.04 Å². The second-order valence-corrected chi connectivity index (χ2v) is 10.3. The SMILES string of the molecule is CCc1c(C)cc(N(C)C)c2c1C(O)=C1C(=O)[C@]3(O)C(O)=C(C(N)=O)C(=O)C(N(C)C)[C@@H]3CC1C2. The van der Waals surface area contributed by atoms with Gasteiger partial charge in [0.25, 0.3) is 5.91 Å². The first-order chi connectivity index (χ1) is 16.3. The topological polar surface area (TPSA) is 144 Å². The van der Waals surface area contributed by atoms with E-state index in [0.29, 0.717) is 18.4 Å². The number of carbonyl (C=O) groups is 3. The van der Waals surface area contributed by atoms with Crippen molar-refractivity contribution in [1.82, 2.24) is 4.90 Å². The molecule has 0 aliphatic heterocycles. The fraction of sp³-hybridized carbons (Fsp3) is 0.500. The molecule has 188 valence electrons. The summed E-state index contributed by atoms with van der Waals surface area (Å²) in [5, 5.41) is 34.2. The number of likely N-dealkylation sites (N-methyl/N-ethyl adjacent to an activating group) is 1. The molecule has 5 N–H and O–H groups in total. The molecule has 4 atom stereocenters. The number of anilines is 1. The largest absolute Gasteiger partial charge is 0.508 e. The molecule has 1 fully saturated rings. The van der Waals surface area contributed by atoms with E-state index in [-0.39, 0.29) is 17.8 Å². The number of hydrogen-bond donors (Lipinski definition) is 4. The lowest BCUT2D eigenvalue weighted by molar-refractivity contribution is -0.153. The molecule has 0 spiro atoms. The van der Waals surface area contributed by atoms with E-state index in [9.17, 15) is 29.7 Å². The molecular formula is C26H33N3O6. The first-order valence-electron chi connectivity index (χ1n) is 11.8. The van der Waals surface area contributed by atoms with Crippen LogP contribution < -0.4 is 10.6 Å². The Morgan fingerprint density at radius 1 is 1.20 bits per heavy atom. The van der Waals surface area contributed by atoms with Gasteiger partial charge in [-0.05, 0) is 69.0 Å². The van der Waals surface area contributed by atoms with Gasteiger partial charge in [0.2, 0.25) is 5.78 Å². The maximum atomic E-state index is 13.9. The number of amides is 1. The fourth-order valence-corrected chi connectivity index (χ4v) is 6.37. The summed E-state index contributed by atoms with van der Waals surface area (Å²) >= 11 is 0. The molecule has 0 saturated heterocycles. The Kier molecular flexibility index (Phi) is 5.84. The molecule has 9 nitrogen and oxygen atoms in total. The average molecular weight is 484 g/mol. The number of aliphatic hydroxyl groups is 3. The number of ketones is 2. The molecule has 2 unspecified atom stereocenters. The van der Waals surface area contributed by atoms with Gasteiger partial charge in [-0.1, -0.05) is 6.92 Å². The molecule has 1 aromatic rings. The molecule has 4 rings (SSSR count). The highest BCUT2D eigenvalue weighted by Gasteiger charge is 2.64. The summed E-state index contributed by atoms with van der Waals surface area (Å²) in [7, 11) is 7.04. The molecular weight excluding hydrogens is 450 g/mol. The van der Waals surface area contributed by atoms with Crippen molar-refractivity contribution in [2.75, 3.05) is 33.1 Å². The third kappa shape index (κ3) is 3.25. The van der Waals surface area contributed by atoms with Crippen molar-refractivity contribution in [3.05, 3.63) is 45.2 Å². The zero-order chi connectivity index (χ0) is 26.1. The molecule has 0 bridgehead atoms. The van der Waals surface area contributed by atoms with Crippen molar-refractivity contribution < 1.29 is 29.7 Å². The van der Waals surface area contributed by atoms with Crippen LogP contribution in [-0.2, 0) is 27.2 Å². The Morgan fingerprint density at radius 3 is 2.34 bits per heavy atom. The number of benzene rings is 1. The lowest BCUT2D eigenvalue weighted by atomic mass is 9.57. The van der Waals surface area contributed by atoms with Crippen LogP contribution in [0.3, 0.4) is 0 Å². The normalized spacial score (nSPS) is 28.2. The minimum Gasteiger partial charge on any atom is -0.508 e. The van der Waals surface area contributed by atoms with Crippen LogP contribution in [-0.4, -0.2) is 77.5 Å². The molecule has 1 saturated carbocycles. The summed E-state index contributed by atoms with van der Waals surface area (Å²) in [5.74, 6) is -5.59. The van der Waals surface area contributed by atoms with E-state index in [1.807, 2.05) is 32.8 Å². The second-order valence-electron chi connectivity index (χ2n) is 10.3. The van der Waals surface area contributed by atoms with Crippen molar-refractivity contribution in [3.63, 3.8) is 0 Å². The molecule has 3 aliphatic carbocycles. The average Bonchev–Trinajstić information content (AvgIpc) is 2.75. The van der Waals surface area contributed by atoms with Crippen molar-refractivity contribution >= 4 is 28.9 Å². The predicted molar refractivity (Wildman–Crippen MR) is 131 cm³/mol. The highest BCUT2D eigenvalue weighted by atomic mass is 16.3. The number of primary amides is 1. The van der Waals surface area contributed by atoms with Crippen LogP contribution in [0.5, 0.6) is 0 Å². The first-order valence-corrected chi connectivity index (χ1v) is 11.8. The molecule has 3 aliphatic rings. The smallest absolute Gasteiger partial charge is 0.255 e. The number of nitrogens with zero attached hydrogens (tertiary/aromatic N) is 2. The van der Waals surface area contributed by atoms with E-state index in [0.717, 1.165) is 22.4 Å². The van der Waals surface area contributed by atoms with Crippen LogP contribution in [0.2, 0.25) is 0 Å². The highest BCUT2D eigenvalue weighted by Crippen LogP contribution is 2.53. The lowest BCUT2D eigenvalue weighted by Crippen LogP contribution is -2.65. The summed E-state index contributed by atoms with van der Waals surface area (Å²) in [6, 6.07) is 1.02. The molecule has 0 heterocycles. The predicted octanol–water partition coefficient (Wildman–Crippen LogP) is 1.20. The maximum Gasteiger partial charge on any atom is 0.255 e. The number of carbonyl (C=O) groups excluding carboxylic acids is 3. The van der Waals surface area contributed by atoms with Gasteiger partial charge in [-0.3, -0.25) is 19.3 Å². The number of fused-ring (bicyclic) bond motifs is 3. The van der Waals surface area contributed by atoms with E-state index < -0.39 is 52.3 Å². The monoisotopic (exact) mass is 483 g/mol. The highest BCUT2D eigenvalue weighted by molar-refractivity contribution is 6.24.